The first-order valence-electron chi connectivity index (χ1n) is 11.7. The second-order valence-corrected chi connectivity index (χ2v) is 9.27. The fraction of sp³-hybridized carbons (Fsp3) is 0.560. The van der Waals surface area contributed by atoms with Crippen LogP contribution in [0, 0.1) is 11.8 Å². The van der Waals surface area contributed by atoms with E-state index in [2.05, 4.69) is 51.0 Å². The summed E-state index contributed by atoms with van der Waals surface area (Å²) in [5.41, 5.74) is 2.33. The van der Waals surface area contributed by atoms with Crippen LogP contribution in [0.2, 0.25) is 0 Å². The summed E-state index contributed by atoms with van der Waals surface area (Å²) in [5, 5.41) is 0. The Balaban J connectivity index is 1.46. The number of hydrogen-bond donors (Lipinski definition) is 0. The zero-order valence-corrected chi connectivity index (χ0v) is 18.5. The molecule has 1 aromatic carbocycles. The number of ether oxygens (including phenoxy) is 1. The van der Waals surface area contributed by atoms with Crippen molar-refractivity contribution < 1.29 is 9.53 Å². The third-order valence-corrected chi connectivity index (χ3v) is 7.47. The number of hydrogen-bond acceptors (Lipinski definition) is 5. The summed E-state index contributed by atoms with van der Waals surface area (Å²) in [5.74, 6) is 3.24. The molecule has 3 aliphatic heterocycles. The van der Waals surface area contributed by atoms with Crippen molar-refractivity contribution in [2.75, 3.05) is 25.1 Å². The molecule has 3 aliphatic rings. The Hall–Kier alpha value is -2.63. The van der Waals surface area contributed by atoms with E-state index in [0.717, 1.165) is 56.0 Å². The Kier molecular flexibility index (Phi) is 5.55. The number of rotatable bonds is 5. The maximum atomic E-state index is 13.1. The minimum Gasteiger partial charge on any atom is -0.497 e. The Morgan fingerprint density at radius 3 is 2.87 bits per heavy atom. The number of carbonyl (C=O) groups excluding carboxylic acids is 1. The molecule has 0 N–H and O–H groups in total. The van der Waals surface area contributed by atoms with Crippen molar-refractivity contribution in [1.82, 2.24) is 14.9 Å². The highest BCUT2D eigenvalue weighted by Crippen LogP contribution is 2.43. The molecule has 3 saturated heterocycles. The first-order valence-corrected chi connectivity index (χ1v) is 11.7. The van der Waals surface area contributed by atoms with E-state index in [-0.39, 0.29) is 6.04 Å². The Morgan fingerprint density at radius 1 is 1.16 bits per heavy atom. The molecule has 1 amide bonds. The van der Waals surface area contributed by atoms with E-state index in [1.54, 1.807) is 13.4 Å². The Morgan fingerprint density at radius 2 is 2.03 bits per heavy atom. The Labute approximate surface area is 184 Å². The number of nitrogens with zero attached hydrogens (tertiary/aromatic N) is 4. The van der Waals surface area contributed by atoms with Gasteiger partial charge in [-0.25, -0.2) is 9.97 Å². The van der Waals surface area contributed by atoms with E-state index in [1.165, 1.54) is 12.0 Å². The molecule has 6 heteroatoms. The lowest BCUT2D eigenvalue weighted by atomic mass is 9.70. The van der Waals surface area contributed by atoms with Gasteiger partial charge in [0.25, 0.3) is 0 Å². The molecule has 0 aliphatic carbocycles. The molecular formula is C25H32N4O2. The number of amides is 1. The number of fused-ring (bicyclic) bond motifs is 4. The standard InChI is InChI=1S/C25H32N4O2/c1-3-20-13-24(27-16-26-20)28-14-18-12-19(15-28)23(29-22(18)8-5-9-25(29)30)11-17-6-4-7-21(10-17)31-2/h4,6-7,10,13,16,18-19,22-23H,3,5,8-9,11-12,14-15H2,1-2H3/t18-,19+,22+,23+/m1/s1. The molecule has 31 heavy (non-hydrogen) atoms. The molecule has 0 radical (unpaired) electrons. The van der Waals surface area contributed by atoms with E-state index in [9.17, 15) is 4.79 Å². The van der Waals surface area contributed by atoms with Crippen LogP contribution in [0.3, 0.4) is 0 Å². The van der Waals surface area contributed by atoms with Gasteiger partial charge in [0.05, 0.1) is 7.11 Å². The van der Waals surface area contributed by atoms with Gasteiger partial charge in [0.1, 0.15) is 17.9 Å². The van der Waals surface area contributed by atoms with E-state index in [4.69, 9.17) is 4.74 Å². The van der Waals surface area contributed by atoms with Crippen LogP contribution >= 0.6 is 0 Å². The van der Waals surface area contributed by atoms with E-state index in [0.29, 0.717) is 30.2 Å². The molecule has 6 nitrogen and oxygen atoms in total. The predicted octanol–water partition coefficient (Wildman–Crippen LogP) is 3.50. The molecule has 4 atom stereocenters. The number of aromatic nitrogens is 2. The van der Waals surface area contributed by atoms with Crippen LogP contribution < -0.4 is 9.64 Å². The van der Waals surface area contributed by atoms with Crippen molar-refractivity contribution in [3.8, 4) is 5.75 Å². The molecule has 2 bridgehead atoms. The number of carbonyl (C=O) groups is 1. The highest BCUT2D eigenvalue weighted by molar-refractivity contribution is 5.78. The van der Waals surface area contributed by atoms with E-state index in [1.807, 2.05) is 6.07 Å². The molecule has 4 heterocycles. The van der Waals surface area contributed by atoms with Crippen molar-refractivity contribution in [3.63, 3.8) is 0 Å². The van der Waals surface area contributed by atoms with Gasteiger partial charge >= 0.3 is 0 Å². The quantitative estimate of drug-likeness (QED) is 0.741. The van der Waals surface area contributed by atoms with Crippen molar-refractivity contribution in [2.24, 2.45) is 11.8 Å². The first kappa shape index (κ1) is 20.3. The maximum Gasteiger partial charge on any atom is 0.223 e. The van der Waals surface area contributed by atoms with Gasteiger partial charge in [-0.2, -0.15) is 0 Å². The summed E-state index contributed by atoms with van der Waals surface area (Å²) in [7, 11) is 1.71. The lowest BCUT2D eigenvalue weighted by Crippen LogP contribution is -2.65. The SMILES string of the molecule is CCc1cc(N2C[C@H]3C[C@@H](C2)[C@H](Cc2cccc(OC)c2)N2C(=O)CCC[C@@H]32)ncn1. The van der Waals surface area contributed by atoms with Crippen LogP contribution in [-0.2, 0) is 17.6 Å². The highest BCUT2D eigenvalue weighted by atomic mass is 16.5. The maximum absolute atomic E-state index is 13.1. The summed E-state index contributed by atoms with van der Waals surface area (Å²) >= 11 is 0. The molecular weight excluding hydrogens is 388 g/mol. The van der Waals surface area contributed by atoms with Gasteiger partial charge in [0.15, 0.2) is 0 Å². The third kappa shape index (κ3) is 3.88. The summed E-state index contributed by atoms with van der Waals surface area (Å²) in [4.78, 5) is 26.8. The topological polar surface area (TPSA) is 58.6 Å². The number of benzene rings is 1. The van der Waals surface area contributed by atoms with Crippen molar-refractivity contribution in [2.45, 2.75) is 57.5 Å². The van der Waals surface area contributed by atoms with Gasteiger partial charge in [0, 0.05) is 43.4 Å². The molecule has 1 aromatic heterocycles. The monoisotopic (exact) mass is 420 g/mol. The van der Waals surface area contributed by atoms with Gasteiger partial charge in [-0.15, -0.1) is 0 Å². The zero-order valence-electron chi connectivity index (χ0n) is 18.5. The van der Waals surface area contributed by atoms with Crippen LogP contribution in [0.15, 0.2) is 36.7 Å². The lowest BCUT2D eigenvalue weighted by molar-refractivity contribution is -0.148. The van der Waals surface area contributed by atoms with Crippen LogP contribution in [0.4, 0.5) is 5.82 Å². The Bertz CT molecular complexity index is 949. The first-order chi connectivity index (χ1) is 15.2. The van der Waals surface area contributed by atoms with Gasteiger partial charge in [0.2, 0.25) is 5.91 Å². The average Bonchev–Trinajstić information content (AvgIpc) is 2.82. The number of aryl methyl sites for hydroxylation is 1. The third-order valence-electron chi connectivity index (χ3n) is 7.47. The normalized spacial score (nSPS) is 27.7. The zero-order chi connectivity index (χ0) is 21.4. The molecule has 2 aromatic rings. The van der Waals surface area contributed by atoms with Gasteiger partial charge in [-0.1, -0.05) is 19.1 Å². The lowest BCUT2D eigenvalue weighted by Gasteiger charge is -2.57. The molecule has 3 fully saturated rings. The minimum absolute atomic E-state index is 0.233. The van der Waals surface area contributed by atoms with Gasteiger partial charge in [-0.3, -0.25) is 4.79 Å². The molecule has 0 unspecified atom stereocenters. The molecule has 5 rings (SSSR count). The number of anilines is 1. The largest absolute Gasteiger partial charge is 0.497 e. The van der Waals surface area contributed by atoms with Gasteiger partial charge in [-0.05, 0) is 61.6 Å². The van der Waals surface area contributed by atoms with Crippen molar-refractivity contribution >= 4 is 11.7 Å². The van der Waals surface area contributed by atoms with E-state index < -0.39 is 0 Å². The fourth-order valence-corrected chi connectivity index (χ4v) is 6.02. The van der Waals surface area contributed by atoms with Crippen molar-refractivity contribution in [3.05, 3.63) is 47.9 Å². The van der Waals surface area contributed by atoms with Crippen LogP contribution in [-0.4, -0.2) is 53.1 Å². The van der Waals surface area contributed by atoms with Crippen LogP contribution in [0.1, 0.15) is 43.9 Å². The minimum atomic E-state index is 0.233. The molecule has 0 saturated carbocycles. The van der Waals surface area contributed by atoms with Crippen LogP contribution in [0.25, 0.3) is 0 Å². The second-order valence-electron chi connectivity index (χ2n) is 9.27. The molecule has 0 spiro atoms. The average molecular weight is 421 g/mol. The van der Waals surface area contributed by atoms with Crippen LogP contribution in [0.5, 0.6) is 5.75 Å². The summed E-state index contributed by atoms with van der Waals surface area (Å²) in [6.45, 7) is 4.06. The summed E-state index contributed by atoms with van der Waals surface area (Å²) < 4.78 is 5.45. The smallest absolute Gasteiger partial charge is 0.223 e. The van der Waals surface area contributed by atoms with E-state index >= 15 is 0 Å². The summed E-state index contributed by atoms with van der Waals surface area (Å²) in [6, 6.07) is 11.0. The fourth-order valence-electron chi connectivity index (χ4n) is 6.02. The molecule has 164 valence electrons. The second kappa shape index (κ2) is 8.48. The summed E-state index contributed by atoms with van der Waals surface area (Å²) in [6.07, 6.45) is 7.53. The van der Waals surface area contributed by atoms with Crippen molar-refractivity contribution in [1.29, 1.82) is 0 Å². The highest BCUT2D eigenvalue weighted by Gasteiger charge is 2.49. The number of piperidine rings is 3. The van der Waals surface area contributed by atoms with Gasteiger partial charge < -0.3 is 14.5 Å². The predicted molar refractivity (Wildman–Crippen MR) is 120 cm³/mol. The number of methoxy groups -OCH3 is 1.